The highest BCUT2D eigenvalue weighted by atomic mass is 16.5. The first-order valence-electron chi connectivity index (χ1n) is 8.08. The van der Waals surface area contributed by atoms with Gasteiger partial charge < -0.3 is 10.1 Å². The Balaban J connectivity index is 1.95. The summed E-state index contributed by atoms with van der Waals surface area (Å²) in [4.78, 5) is 9.67. The van der Waals surface area contributed by atoms with Crippen LogP contribution in [-0.2, 0) is 17.6 Å². The van der Waals surface area contributed by atoms with Gasteiger partial charge in [-0.2, -0.15) is 0 Å². The first-order valence-corrected chi connectivity index (χ1v) is 8.08. The third kappa shape index (κ3) is 2.80. The van der Waals surface area contributed by atoms with Gasteiger partial charge in [-0.25, -0.2) is 9.97 Å². The number of nitrogens with one attached hydrogen (secondary N) is 1. The summed E-state index contributed by atoms with van der Waals surface area (Å²) in [5.41, 5.74) is 2.59. The van der Waals surface area contributed by atoms with E-state index in [9.17, 15) is 0 Å². The van der Waals surface area contributed by atoms with Crippen molar-refractivity contribution >= 4 is 5.82 Å². The van der Waals surface area contributed by atoms with E-state index in [2.05, 4.69) is 19.2 Å². The van der Waals surface area contributed by atoms with Crippen molar-refractivity contribution in [3.8, 4) is 0 Å². The Morgan fingerprint density at radius 3 is 2.70 bits per heavy atom. The number of hydrogen-bond acceptors (Lipinski definition) is 4. The van der Waals surface area contributed by atoms with E-state index in [1.54, 1.807) is 0 Å². The smallest absolute Gasteiger partial charge is 0.160 e. The van der Waals surface area contributed by atoms with Gasteiger partial charge in [-0.1, -0.05) is 0 Å². The van der Waals surface area contributed by atoms with Gasteiger partial charge in [0.2, 0.25) is 0 Å². The van der Waals surface area contributed by atoms with Crippen LogP contribution in [0.2, 0.25) is 0 Å². The van der Waals surface area contributed by atoms with Crippen LogP contribution in [0, 0.1) is 5.92 Å². The number of anilines is 1. The molecule has 20 heavy (non-hydrogen) atoms. The van der Waals surface area contributed by atoms with Crippen molar-refractivity contribution in [3.63, 3.8) is 0 Å². The number of aromatic nitrogens is 2. The van der Waals surface area contributed by atoms with E-state index in [4.69, 9.17) is 14.7 Å². The largest absolute Gasteiger partial charge is 0.370 e. The van der Waals surface area contributed by atoms with Gasteiger partial charge in [-0.15, -0.1) is 0 Å². The van der Waals surface area contributed by atoms with Gasteiger partial charge in [0, 0.05) is 24.4 Å². The second kappa shape index (κ2) is 6.08. The fraction of sp³-hybridized carbons (Fsp3) is 0.750. The molecule has 1 saturated carbocycles. The van der Waals surface area contributed by atoms with Gasteiger partial charge in [0.05, 0.1) is 0 Å². The Morgan fingerprint density at radius 1 is 1.20 bits per heavy atom. The highest BCUT2D eigenvalue weighted by molar-refractivity contribution is 5.48. The second-order valence-electron chi connectivity index (χ2n) is 5.81. The van der Waals surface area contributed by atoms with Crippen LogP contribution in [0.3, 0.4) is 0 Å². The molecule has 1 heterocycles. The third-order valence-corrected chi connectivity index (χ3v) is 4.20. The molecule has 0 saturated heterocycles. The standard InChI is InChI=1S/C16H25N3O/c1-3-17-15-12-7-5-6-8-13(12)18-16(19-15)14(20-4-2)11-9-10-11/h11,14H,3-10H2,1-2H3,(H,17,18,19). The molecule has 0 aliphatic heterocycles. The van der Waals surface area contributed by atoms with Gasteiger partial charge in [-0.3, -0.25) is 0 Å². The van der Waals surface area contributed by atoms with E-state index in [0.717, 1.165) is 37.6 Å². The van der Waals surface area contributed by atoms with Crippen LogP contribution in [0.25, 0.3) is 0 Å². The Morgan fingerprint density at radius 2 is 2.00 bits per heavy atom. The zero-order chi connectivity index (χ0) is 13.9. The summed E-state index contributed by atoms with van der Waals surface area (Å²) < 4.78 is 5.92. The Labute approximate surface area is 121 Å². The van der Waals surface area contributed by atoms with E-state index in [-0.39, 0.29) is 6.10 Å². The summed E-state index contributed by atoms with van der Waals surface area (Å²) in [5, 5.41) is 3.43. The number of ether oxygens (including phenoxy) is 1. The maximum atomic E-state index is 5.92. The minimum Gasteiger partial charge on any atom is -0.370 e. The molecule has 2 aliphatic carbocycles. The van der Waals surface area contributed by atoms with Gasteiger partial charge in [0.1, 0.15) is 11.9 Å². The van der Waals surface area contributed by atoms with Gasteiger partial charge in [-0.05, 0) is 58.3 Å². The van der Waals surface area contributed by atoms with Crippen LogP contribution >= 0.6 is 0 Å². The van der Waals surface area contributed by atoms with Crippen molar-refractivity contribution in [2.45, 2.75) is 58.5 Å². The lowest BCUT2D eigenvalue weighted by molar-refractivity contribution is 0.0399. The molecule has 1 N–H and O–H groups in total. The van der Waals surface area contributed by atoms with Gasteiger partial charge in [0.25, 0.3) is 0 Å². The van der Waals surface area contributed by atoms with Crippen molar-refractivity contribution in [3.05, 3.63) is 17.1 Å². The molecule has 0 radical (unpaired) electrons. The Bertz CT molecular complexity index is 471. The van der Waals surface area contributed by atoms with Crippen molar-refractivity contribution in [2.75, 3.05) is 18.5 Å². The summed E-state index contributed by atoms with van der Waals surface area (Å²) in [5.74, 6) is 2.59. The maximum absolute atomic E-state index is 5.92. The Hall–Kier alpha value is -1.16. The number of hydrogen-bond donors (Lipinski definition) is 1. The van der Waals surface area contributed by atoms with E-state index in [1.807, 2.05) is 0 Å². The summed E-state index contributed by atoms with van der Waals surface area (Å²) in [6, 6.07) is 0. The number of rotatable bonds is 6. The zero-order valence-corrected chi connectivity index (χ0v) is 12.6. The third-order valence-electron chi connectivity index (χ3n) is 4.20. The summed E-state index contributed by atoms with van der Waals surface area (Å²) in [6.07, 6.45) is 7.31. The fourth-order valence-electron chi connectivity index (χ4n) is 3.05. The lowest BCUT2D eigenvalue weighted by Crippen LogP contribution is -2.18. The molecular weight excluding hydrogens is 250 g/mol. The summed E-state index contributed by atoms with van der Waals surface area (Å²) >= 11 is 0. The fourth-order valence-corrected chi connectivity index (χ4v) is 3.05. The molecule has 0 spiro atoms. The highest BCUT2D eigenvalue weighted by Gasteiger charge is 2.35. The summed E-state index contributed by atoms with van der Waals surface area (Å²) in [7, 11) is 0. The zero-order valence-electron chi connectivity index (χ0n) is 12.6. The van der Waals surface area contributed by atoms with E-state index < -0.39 is 0 Å². The topological polar surface area (TPSA) is 47.0 Å². The molecule has 1 fully saturated rings. The number of nitrogens with zero attached hydrogens (tertiary/aromatic N) is 2. The van der Waals surface area contributed by atoms with Crippen LogP contribution in [0.4, 0.5) is 5.82 Å². The molecule has 0 aromatic carbocycles. The van der Waals surface area contributed by atoms with Crippen LogP contribution in [0.5, 0.6) is 0 Å². The minimum atomic E-state index is 0.102. The summed E-state index contributed by atoms with van der Waals surface area (Å²) in [6.45, 7) is 5.82. The number of fused-ring (bicyclic) bond motifs is 1. The molecule has 2 aliphatic rings. The lowest BCUT2D eigenvalue weighted by Gasteiger charge is -2.22. The molecule has 4 heteroatoms. The van der Waals surface area contributed by atoms with E-state index in [1.165, 1.54) is 36.9 Å². The predicted molar refractivity (Wildman–Crippen MR) is 79.9 cm³/mol. The van der Waals surface area contributed by atoms with Crippen LogP contribution in [0.15, 0.2) is 0 Å². The minimum absolute atomic E-state index is 0.102. The normalized spacial score (nSPS) is 19.5. The molecule has 3 rings (SSSR count). The molecule has 0 bridgehead atoms. The number of aryl methyl sites for hydroxylation is 1. The van der Waals surface area contributed by atoms with Crippen molar-refractivity contribution in [2.24, 2.45) is 5.92 Å². The van der Waals surface area contributed by atoms with Crippen molar-refractivity contribution in [1.82, 2.24) is 9.97 Å². The Kier molecular flexibility index (Phi) is 4.20. The van der Waals surface area contributed by atoms with E-state index >= 15 is 0 Å². The average molecular weight is 275 g/mol. The first-order chi connectivity index (χ1) is 9.83. The van der Waals surface area contributed by atoms with E-state index in [0.29, 0.717) is 5.92 Å². The monoisotopic (exact) mass is 275 g/mol. The quantitative estimate of drug-likeness (QED) is 0.865. The van der Waals surface area contributed by atoms with Crippen molar-refractivity contribution < 1.29 is 4.74 Å². The first kappa shape index (κ1) is 13.8. The lowest BCUT2D eigenvalue weighted by atomic mass is 9.96. The van der Waals surface area contributed by atoms with Gasteiger partial charge in [0.15, 0.2) is 5.82 Å². The average Bonchev–Trinajstić information content (AvgIpc) is 3.29. The van der Waals surface area contributed by atoms with Crippen LogP contribution in [0.1, 0.15) is 62.7 Å². The van der Waals surface area contributed by atoms with Crippen LogP contribution < -0.4 is 5.32 Å². The molecule has 110 valence electrons. The molecule has 1 aromatic heterocycles. The highest BCUT2D eigenvalue weighted by Crippen LogP contribution is 2.43. The van der Waals surface area contributed by atoms with Gasteiger partial charge >= 0.3 is 0 Å². The molecular formula is C16H25N3O. The SMILES string of the molecule is CCNc1nc(C(OCC)C2CC2)nc2c1CCCC2. The molecule has 1 unspecified atom stereocenters. The molecule has 1 aromatic rings. The maximum Gasteiger partial charge on any atom is 0.160 e. The predicted octanol–water partition coefficient (Wildman–Crippen LogP) is 3.27. The molecule has 1 atom stereocenters. The second-order valence-corrected chi connectivity index (χ2v) is 5.81. The van der Waals surface area contributed by atoms with Crippen LogP contribution in [-0.4, -0.2) is 23.1 Å². The van der Waals surface area contributed by atoms with Crippen molar-refractivity contribution in [1.29, 1.82) is 0 Å². The molecule has 4 nitrogen and oxygen atoms in total. The molecule has 0 amide bonds.